The van der Waals surface area contributed by atoms with Crippen LogP contribution in [0.3, 0.4) is 0 Å². The number of nitrogens with zero attached hydrogens (tertiary/aromatic N) is 1. The fourth-order valence-electron chi connectivity index (χ4n) is 1.08. The van der Waals surface area contributed by atoms with Crippen molar-refractivity contribution in [2.24, 2.45) is 0 Å². The molecule has 1 aliphatic carbocycles. The lowest BCUT2D eigenvalue weighted by Gasteiger charge is -1.98. The quantitative estimate of drug-likeness (QED) is 0.570. The highest BCUT2D eigenvalue weighted by molar-refractivity contribution is 4.90. The van der Waals surface area contributed by atoms with Gasteiger partial charge in [-0.25, -0.2) is 0 Å². The summed E-state index contributed by atoms with van der Waals surface area (Å²) >= 11 is 0. The summed E-state index contributed by atoms with van der Waals surface area (Å²) in [5, 5.41) is 0. The minimum atomic E-state index is -0.528. The molecule has 2 rings (SSSR count). The van der Waals surface area contributed by atoms with E-state index in [0.29, 0.717) is 0 Å². The fourth-order valence-corrected chi connectivity index (χ4v) is 1.08. The molecule has 1 heterocycles. The van der Waals surface area contributed by atoms with E-state index in [1.165, 1.54) is 10.8 Å². The third-order valence-electron chi connectivity index (χ3n) is 1.82. The van der Waals surface area contributed by atoms with E-state index in [1.54, 1.807) is 6.20 Å². The summed E-state index contributed by atoms with van der Waals surface area (Å²) in [6.07, 6.45) is 5.16. The minimum absolute atomic E-state index is 0.282. The molecule has 1 aromatic heterocycles. The number of H-pyrrole nitrogens is 1. The maximum Gasteiger partial charge on any atom is 0.316 e. The van der Waals surface area contributed by atoms with Gasteiger partial charge in [0.25, 0.3) is 0 Å². The van der Waals surface area contributed by atoms with Crippen molar-refractivity contribution in [2.45, 2.75) is 18.9 Å². The smallest absolute Gasteiger partial charge is 0.316 e. The molecule has 11 heavy (non-hydrogen) atoms. The van der Waals surface area contributed by atoms with E-state index in [-0.39, 0.29) is 6.04 Å². The van der Waals surface area contributed by atoms with Gasteiger partial charge in [-0.05, 0) is 12.8 Å². The van der Waals surface area contributed by atoms with Crippen molar-refractivity contribution in [3.63, 3.8) is 0 Å². The molecule has 0 aliphatic heterocycles. The molecule has 1 aliphatic rings. The van der Waals surface area contributed by atoms with E-state index < -0.39 is 11.1 Å². The lowest BCUT2D eigenvalue weighted by Crippen LogP contribution is -2.34. The highest BCUT2D eigenvalue weighted by Crippen LogP contribution is 2.32. The molecule has 1 N–H and O–H groups in total. The van der Waals surface area contributed by atoms with Gasteiger partial charge in [-0.1, -0.05) is 0 Å². The van der Waals surface area contributed by atoms with Gasteiger partial charge in [-0.15, -0.1) is 0 Å². The average molecular weight is 152 g/mol. The van der Waals surface area contributed by atoms with Gasteiger partial charge in [-0.3, -0.25) is 9.59 Å². The lowest BCUT2D eigenvalue weighted by atomic mass is 10.6. The first-order chi connectivity index (χ1) is 5.29. The maximum atomic E-state index is 11.1. The van der Waals surface area contributed by atoms with Crippen LogP contribution in [0.1, 0.15) is 18.9 Å². The Morgan fingerprint density at radius 3 is 2.82 bits per heavy atom. The van der Waals surface area contributed by atoms with Gasteiger partial charge in [0.2, 0.25) is 0 Å². The van der Waals surface area contributed by atoms with Gasteiger partial charge in [-0.2, -0.15) is 0 Å². The molecule has 0 aromatic carbocycles. The SMILES string of the molecule is O=c1[nH]ccn(C2CC2)c1=O. The minimum Gasteiger partial charge on any atom is -0.323 e. The molecule has 0 spiro atoms. The van der Waals surface area contributed by atoms with Gasteiger partial charge >= 0.3 is 11.1 Å². The van der Waals surface area contributed by atoms with Gasteiger partial charge < -0.3 is 9.55 Å². The Labute approximate surface area is 62.5 Å². The average Bonchev–Trinajstić information content (AvgIpc) is 2.77. The Morgan fingerprint density at radius 1 is 1.45 bits per heavy atom. The largest absolute Gasteiger partial charge is 0.323 e. The Hall–Kier alpha value is -1.32. The monoisotopic (exact) mass is 152 g/mol. The van der Waals surface area contributed by atoms with Crippen molar-refractivity contribution in [3.05, 3.63) is 33.1 Å². The fraction of sp³-hybridized carbons (Fsp3) is 0.429. The molecule has 0 amide bonds. The molecule has 0 saturated heterocycles. The Balaban J connectivity index is 2.63. The predicted molar refractivity (Wildman–Crippen MR) is 39.6 cm³/mol. The number of hydrogen-bond acceptors (Lipinski definition) is 2. The van der Waals surface area contributed by atoms with Crippen LogP contribution < -0.4 is 11.1 Å². The second-order valence-corrected chi connectivity index (χ2v) is 2.73. The van der Waals surface area contributed by atoms with E-state index in [1.807, 2.05) is 0 Å². The van der Waals surface area contributed by atoms with Crippen molar-refractivity contribution in [2.75, 3.05) is 0 Å². The van der Waals surface area contributed by atoms with Crippen LogP contribution in [0.5, 0.6) is 0 Å². The molecule has 4 heteroatoms. The molecule has 0 radical (unpaired) electrons. The summed E-state index contributed by atoms with van der Waals surface area (Å²) in [5.74, 6) is 0. The lowest BCUT2D eigenvalue weighted by molar-refractivity contribution is 0.689. The zero-order chi connectivity index (χ0) is 7.84. The highest BCUT2D eigenvalue weighted by atomic mass is 16.2. The Bertz CT molecular complexity index is 373. The first kappa shape index (κ1) is 6.39. The first-order valence-electron chi connectivity index (χ1n) is 3.59. The second kappa shape index (κ2) is 2.08. The van der Waals surface area contributed by atoms with Crippen LogP contribution in [0.15, 0.2) is 22.0 Å². The summed E-state index contributed by atoms with van der Waals surface area (Å²) in [6.45, 7) is 0. The third kappa shape index (κ3) is 1.00. The number of aromatic nitrogens is 2. The molecule has 0 atom stereocenters. The zero-order valence-electron chi connectivity index (χ0n) is 5.91. The third-order valence-corrected chi connectivity index (χ3v) is 1.82. The van der Waals surface area contributed by atoms with E-state index >= 15 is 0 Å². The molecule has 1 saturated carbocycles. The van der Waals surface area contributed by atoms with Crippen LogP contribution in [0.4, 0.5) is 0 Å². The van der Waals surface area contributed by atoms with Crippen molar-refractivity contribution < 1.29 is 0 Å². The normalized spacial score (nSPS) is 16.7. The summed E-state index contributed by atoms with van der Waals surface area (Å²) in [5.41, 5.74) is -0.964. The van der Waals surface area contributed by atoms with Gasteiger partial charge in [0.15, 0.2) is 0 Å². The topological polar surface area (TPSA) is 54.9 Å². The van der Waals surface area contributed by atoms with E-state index in [0.717, 1.165) is 12.8 Å². The standard InChI is InChI=1S/C7H8N2O2/c10-6-7(11)9(4-3-8-6)5-1-2-5/h3-5H,1-2H2,(H,8,10). The van der Waals surface area contributed by atoms with Crippen LogP contribution in [-0.4, -0.2) is 9.55 Å². The van der Waals surface area contributed by atoms with Gasteiger partial charge in [0, 0.05) is 18.4 Å². The summed E-state index contributed by atoms with van der Waals surface area (Å²) in [6, 6.07) is 0.282. The number of nitrogens with one attached hydrogen (secondary N) is 1. The zero-order valence-corrected chi connectivity index (χ0v) is 5.91. The van der Waals surface area contributed by atoms with Gasteiger partial charge in [0.05, 0.1) is 0 Å². The Kier molecular flexibility index (Phi) is 1.21. The van der Waals surface area contributed by atoms with Gasteiger partial charge in [0.1, 0.15) is 0 Å². The van der Waals surface area contributed by atoms with Crippen LogP contribution >= 0.6 is 0 Å². The van der Waals surface area contributed by atoms with Crippen molar-refractivity contribution in [1.82, 2.24) is 9.55 Å². The summed E-state index contributed by atoms with van der Waals surface area (Å²) < 4.78 is 1.50. The molecule has 1 aromatic rings. The molecule has 58 valence electrons. The molecular weight excluding hydrogens is 144 g/mol. The molecule has 1 fully saturated rings. The number of hydrogen-bond donors (Lipinski definition) is 1. The first-order valence-corrected chi connectivity index (χ1v) is 3.59. The molecule has 0 bridgehead atoms. The predicted octanol–water partition coefficient (Wildman–Crippen LogP) is -0.129. The number of aromatic amines is 1. The second-order valence-electron chi connectivity index (χ2n) is 2.73. The van der Waals surface area contributed by atoms with E-state index in [2.05, 4.69) is 4.98 Å². The summed E-state index contributed by atoms with van der Waals surface area (Å²) in [4.78, 5) is 24.2. The summed E-state index contributed by atoms with van der Waals surface area (Å²) in [7, 11) is 0. The van der Waals surface area contributed by atoms with Crippen LogP contribution in [0, 0.1) is 0 Å². The van der Waals surface area contributed by atoms with E-state index in [4.69, 9.17) is 0 Å². The van der Waals surface area contributed by atoms with Crippen LogP contribution in [0.2, 0.25) is 0 Å². The van der Waals surface area contributed by atoms with Crippen LogP contribution in [-0.2, 0) is 0 Å². The van der Waals surface area contributed by atoms with Crippen LogP contribution in [0.25, 0.3) is 0 Å². The number of rotatable bonds is 1. The van der Waals surface area contributed by atoms with Crippen molar-refractivity contribution >= 4 is 0 Å². The molecular formula is C7H8N2O2. The molecule has 4 nitrogen and oxygen atoms in total. The van der Waals surface area contributed by atoms with Crippen molar-refractivity contribution in [1.29, 1.82) is 0 Å². The molecule has 0 unspecified atom stereocenters. The van der Waals surface area contributed by atoms with E-state index in [9.17, 15) is 9.59 Å². The Morgan fingerprint density at radius 2 is 2.18 bits per heavy atom. The van der Waals surface area contributed by atoms with Crippen molar-refractivity contribution in [3.8, 4) is 0 Å². The maximum absolute atomic E-state index is 11.1. The highest BCUT2D eigenvalue weighted by Gasteiger charge is 2.24.